The van der Waals surface area contributed by atoms with E-state index in [0.29, 0.717) is 0 Å². The quantitative estimate of drug-likeness (QED) is 0.675. The first-order valence-electron chi connectivity index (χ1n) is 3.90. The van der Waals surface area contributed by atoms with Crippen molar-refractivity contribution in [3.8, 4) is 11.3 Å². The molecule has 2 heterocycles. The van der Waals surface area contributed by atoms with E-state index in [9.17, 15) is 13.2 Å². The highest BCUT2D eigenvalue weighted by molar-refractivity contribution is 5.73. The molecule has 2 aromatic heterocycles. The molecule has 0 aliphatic heterocycles. The minimum absolute atomic E-state index is 0.107. The Hall–Kier alpha value is -1.99. The molecule has 2 rings (SSSR count). The molecule has 0 saturated carbocycles. The molecular weight excluding hydrogens is 211 g/mol. The molecule has 0 spiro atoms. The van der Waals surface area contributed by atoms with Gasteiger partial charge < -0.3 is 5.73 Å². The Balaban J connectivity index is 2.56. The van der Waals surface area contributed by atoms with E-state index >= 15 is 0 Å². The summed E-state index contributed by atoms with van der Waals surface area (Å²) in [5, 5.41) is 11.1. The van der Waals surface area contributed by atoms with Gasteiger partial charge in [-0.2, -0.15) is 23.4 Å². The van der Waals surface area contributed by atoms with Gasteiger partial charge in [-0.25, -0.2) is 0 Å². The minimum atomic E-state index is -4.50. The molecule has 0 saturated heterocycles. The van der Waals surface area contributed by atoms with Crippen LogP contribution in [0.3, 0.4) is 0 Å². The highest BCUT2D eigenvalue weighted by Crippen LogP contribution is 2.36. The average Bonchev–Trinajstić information content (AvgIpc) is 2.69. The van der Waals surface area contributed by atoms with Crippen molar-refractivity contribution in [3.63, 3.8) is 0 Å². The highest BCUT2D eigenvalue weighted by atomic mass is 19.4. The summed E-state index contributed by atoms with van der Waals surface area (Å²) in [6.45, 7) is 0. The zero-order valence-corrected chi connectivity index (χ0v) is 7.26. The van der Waals surface area contributed by atoms with E-state index in [1.54, 1.807) is 0 Å². The molecule has 0 atom stereocenters. The number of hydrogen-bond donors (Lipinski definition) is 3. The SMILES string of the molecule is Nc1cn[nH]c1-c1cn[nH]c1C(F)(F)F. The van der Waals surface area contributed by atoms with Gasteiger partial charge in [0.25, 0.3) is 0 Å². The van der Waals surface area contributed by atoms with Crippen LogP contribution in [0.5, 0.6) is 0 Å². The summed E-state index contributed by atoms with van der Waals surface area (Å²) in [5.41, 5.74) is 4.60. The Bertz CT molecular complexity index is 469. The van der Waals surface area contributed by atoms with Crippen molar-refractivity contribution < 1.29 is 13.2 Å². The molecule has 8 heteroatoms. The van der Waals surface area contributed by atoms with Gasteiger partial charge in [-0.05, 0) is 0 Å². The van der Waals surface area contributed by atoms with Crippen molar-refractivity contribution in [2.45, 2.75) is 6.18 Å². The average molecular weight is 217 g/mol. The van der Waals surface area contributed by atoms with Gasteiger partial charge >= 0.3 is 6.18 Å². The van der Waals surface area contributed by atoms with E-state index in [1.807, 2.05) is 5.10 Å². The standard InChI is InChI=1S/C7H6F3N5/c8-7(9,10)6-3(1-12-15-6)5-4(11)2-13-14-5/h1-2H,11H2,(H,12,15)(H,13,14). The van der Waals surface area contributed by atoms with Crippen LogP contribution in [0.2, 0.25) is 0 Å². The molecule has 80 valence electrons. The third-order valence-corrected chi connectivity index (χ3v) is 1.86. The van der Waals surface area contributed by atoms with Gasteiger partial charge in [-0.15, -0.1) is 0 Å². The van der Waals surface area contributed by atoms with Crippen LogP contribution < -0.4 is 5.73 Å². The number of aromatic nitrogens is 4. The number of nitrogens with two attached hydrogens (primary N) is 1. The van der Waals surface area contributed by atoms with Crippen molar-refractivity contribution >= 4 is 5.69 Å². The molecule has 0 aliphatic carbocycles. The second-order valence-corrected chi connectivity index (χ2v) is 2.86. The Labute approximate surface area is 81.5 Å². The van der Waals surface area contributed by atoms with Crippen LogP contribution in [0.4, 0.5) is 18.9 Å². The van der Waals surface area contributed by atoms with E-state index in [4.69, 9.17) is 5.73 Å². The molecule has 5 nitrogen and oxygen atoms in total. The van der Waals surface area contributed by atoms with Gasteiger partial charge in [0.2, 0.25) is 0 Å². The number of H-pyrrole nitrogens is 2. The van der Waals surface area contributed by atoms with Gasteiger partial charge in [0.1, 0.15) is 5.69 Å². The van der Waals surface area contributed by atoms with Gasteiger partial charge in [0.15, 0.2) is 0 Å². The van der Waals surface area contributed by atoms with Gasteiger partial charge in [-0.1, -0.05) is 0 Å². The first kappa shape index (κ1) is 9.56. The zero-order valence-electron chi connectivity index (χ0n) is 7.26. The van der Waals surface area contributed by atoms with Crippen LogP contribution >= 0.6 is 0 Å². The van der Waals surface area contributed by atoms with Crippen LogP contribution in [0, 0.1) is 0 Å². The zero-order chi connectivity index (χ0) is 11.1. The van der Waals surface area contributed by atoms with E-state index in [1.165, 1.54) is 6.20 Å². The van der Waals surface area contributed by atoms with Crippen LogP contribution in [0.15, 0.2) is 12.4 Å². The van der Waals surface area contributed by atoms with Gasteiger partial charge in [-0.3, -0.25) is 10.2 Å². The molecule has 0 aromatic carbocycles. The Morgan fingerprint density at radius 2 is 1.80 bits per heavy atom. The predicted molar refractivity (Wildman–Crippen MR) is 45.6 cm³/mol. The summed E-state index contributed by atoms with van der Waals surface area (Å²) in [4.78, 5) is 0. The fourth-order valence-electron chi connectivity index (χ4n) is 1.20. The number of rotatable bonds is 1. The van der Waals surface area contributed by atoms with Crippen LogP contribution in [0.1, 0.15) is 5.69 Å². The number of nitrogens with one attached hydrogen (secondary N) is 2. The van der Waals surface area contributed by atoms with Gasteiger partial charge in [0.05, 0.1) is 29.3 Å². The molecule has 0 amide bonds. The van der Waals surface area contributed by atoms with Crippen LogP contribution in [0.25, 0.3) is 11.3 Å². The Morgan fingerprint density at radius 3 is 2.33 bits per heavy atom. The molecule has 15 heavy (non-hydrogen) atoms. The molecule has 2 aromatic rings. The maximum absolute atomic E-state index is 12.5. The summed E-state index contributed by atoms with van der Waals surface area (Å²) in [6.07, 6.45) is -2.21. The highest BCUT2D eigenvalue weighted by Gasteiger charge is 2.36. The number of nitrogens with zero attached hydrogens (tertiary/aromatic N) is 2. The van der Waals surface area contributed by atoms with Crippen LogP contribution in [-0.2, 0) is 6.18 Å². The second-order valence-electron chi connectivity index (χ2n) is 2.86. The lowest BCUT2D eigenvalue weighted by atomic mass is 10.1. The smallest absolute Gasteiger partial charge is 0.396 e. The molecule has 4 N–H and O–H groups in total. The lowest BCUT2D eigenvalue weighted by Gasteiger charge is -2.05. The third kappa shape index (κ3) is 1.53. The fourth-order valence-corrected chi connectivity index (χ4v) is 1.20. The lowest BCUT2D eigenvalue weighted by molar-refractivity contribution is -0.140. The minimum Gasteiger partial charge on any atom is -0.396 e. The van der Waals surface area contributed by atoms with E-state index in [-0.39, 0.29) is 16.9 Å². The monoisotopic (exact) mass is 217 g/mol. The molecular formula is C7H6F3N5. The summed E-state index contributed by atoms with van der Waals surface area (Å²) in [5.74, 6) is 0. The number of anilines is 1. The summed E-state index contributed by atoms with van der Waals surface area (Å²) >= 11 is 0. The lowest BCUT2D eigenvalue weighted by Crippen LogP contribution is -2.07. The fraction of sp³-hybridized carbons (Fsp3) is 0.143. The molecule has 0 aliphatic rings. The maximum atomic E-state index is 12.5. The van der Waals surface area contributed by atoms with Gasteiger partial charge in [0, 0.05) is 0 Å². The number of hydrogen-bond acceptors (Lipinski definition) is 3. The summed E-state index contributed by atoms with van der Waals surface area (Å²) < 4.78 is 37.4. The summed E-state index contributed by atoms with van der Waals surface area (Å²) in [7, 11) is 0. The maximum Gasteiger partial charge on any atom is 0.433 e. The van der Waals surface area contributed by atoms with E-state index < -0.39 is 11.9 Å². The van der Waals surface area contributed by atoms with Crippen molar-refractivity contribution in [1.82, 2.24) is 20.4 Å². The molecule has 0 radical (unpaired) electrons. The van der Waals surface area contributed by atoms with E-state index in [0.717, 1.165) is 6.20 Å². The first-order valence-corrected chi connectivity index (χ1v) is 3.90. The predicted octanol–water partition coefficient (Wildman–Crippen LogP) is 1.40. The van der Waals surface area contributed by atoms with Crippen molar-refractivity contribution in [2.24, 2.45) is 0 Å². The first-order chi connectivity index (χ1) is 7.00. The molecule has 0 fully saturated rings. The number of alkyl halides is 3. The normalized spacial score (nSPS) is 11.9. The van der Waals surface area contributed by atoms with Crippen molar-refractivity contribution in [1.29, 1.82) is 0 Å². The number of aromatic amines is 2. The summed E-state index contributed by atoms with van der Waals surface area (Å²) in [6, 6.07) is 0. The Kier molecular flexibility index (Phi) is 1.92. The topological polar surface area (TPSA) is 83.4 Å². The number of halogens is 3. The molecule has 0 bridgehead atoms. The third-order valence-electron chi connectivity index (χ3n) is 1.86. The van der Waals surface area contributed by atoms with E-state index in [2.05, 4.69) is 15.3 Å². The second kappa shape index (κ2) is 3.01. The van der Waals surface area contributed by atoms with Crippen molar-refractivity contribution in [2.75, 3.05) is 5.73 Å². The molecule has 0 unspecified atom stereocenters. The van der Waals surface area contributed by atoms with Crippen LogP contribution in [-0.4, -0.2) is 20.4 Å². The van der Waals surface area contributed by atoms with Crippen molar-refractivity contribution in [3.05, 3.63) is 18.1 Å². The largest absolute Gasteiger partial charge is 0.433 e. The Morgan fingerprint density at radius 1 is 1.13 bits per heavy atom. The number of nitrogen functional groups attached to an aromatic ring is 1.